The van der Waals surface area contributed by atoms with Crippen LogP contribution in [0.3, 0.4) is 0 Å². The predicted molar refractivity (Wildman–Crippen MR) is 133 cm³/mol. The van der Waals surface area contributed by atoms with E-state index in [2.05, 4.69) is 25.6 Å². The number of H-pyrrole nitrogens is 1. The average Bonchev–Trinajstić information content (AvgIpc) is 3.62. The third-order valence-electron chi connectivity index (χ3n) is 5.97. The van der Waals surface area contributed by atoms with Gasteiger partial charge < -0.3 is 25.5 Å². The molecule has 37 heavy (non-hydrogen) atoms. The molecule has 2 heterocycles. The number of urea groups is 1. The Morgan fingerprint density at radius 3 is 2.57 bits per heavy atom. The Hall–Kier alpha value is -3.64. The van der Waals surface area contributed by atoms with Gasteiger partial charge in [0.2, 0.25) is 0 Å². The fraction of sp³-hybridized carbons (Fsp3) is 0.333. The third-order valence-corrected chi connectivity index (χ3v) is 5.97. The van der Waals surface area contributed by atoms with Crippen LogP contribution >= 0.6 is 12.4 Å². The second-order valence-electron chi connectivity index (χ2n) is 8.48. The summed E-state index contributed by atoms with van der Waals surface area (Å²) in [4.78, 5) is 35.4. The van der Waals surface area contributed by atoms with E-state index in [1.807, 2.05) is 0 Å². The van der Waals surface area contributed by atoms with Crippen LogP contribution in [-0.2, 0) is 11.6 Å². The molecule has 3 aromatic rings. The lowest BCUT2D eigenvalue weighted by Crippen LogP contribution is -2.23. The first kappa shape index (κ1) is 27.9. The maximum absolute atomic E-state index is 13.7. The molecule has 0 bridgehead atoms. The van der Waals surface area contributed by atoms with Crippen LogP contribution < -0.4 is 20.9 Å². The number of nitrogens with one attached hydrogen (secondary N) is 3. The molecule has 1 aliphatic rings. The number of rotatable bonds is 7. The second kappa shape index (κ2) is 10.8. The van der Waals surface area contributed by atoms with Crippen molar-refractivity contribution in [3.8, 4) is 17.1 Å². The van der Waals surface area contributed by atoms with E-state index in [1.54, 1.807) is 13.8 Å². The number of aromatic nitrogens is 3. The molecule has 13 heteroatoms. The number of carbonyl (C=O) groups excluding carboxylic acids is 1. The molecule has 9 nitrogen and oxygen atoms in total. The molecule has 4 rings (SSSR count). The van der Waals surface area contributed by atoms with Gasteiger partial charge in [0.15, 0.2) is 11.6 Å². The summed E-state index contributed by atoms with van der Waals surface area (Å²) in [5.41, 5.74) is -1.05. The quantitative estimate of drug-likeness (QED) is 0.346. The van der Waals surface area contributed by atoms with E-state index in [0.717, 1.165) is 6.07 Å². The normalized spacial score (nSPS) is 13.9. The van der Waals surface area contributed by atoms with Gasteiger partial charge in [-0.2, -0.15) is 13.2 Å². The van der Waals surface area contributed by atoms with Gasteiger partial charge in [0.05, 0.1) is 36.4 Å². The number of aryl methyl sites for hydroxylation is 1. The lowest BCUT2D eigenvalue weighted by molar-refractivity contribution is -0.138. The van der Waals surface area contributed by atoms with Crippen LogP contribution in [0.1, 0.15) is 36.6 Å². The Bertz CT molecular complexity index is 1360. The minimum absolute atomic E-state index is 0. The van der Waals surface area contributed by atoms with Gasteiger partial charge in [-0.25, -0.2) is 14.8 Å². The van der Waals surface area contributed by atoms with Crippen molar-refractivity contribution in [2.24, 2.45) is 0 Å². The summed E-state index contributed by atoms with van der Waals surface area (Å²) < 4.78 is 46.3. The van der Waals surface area contributed by atoms with Crippen molar-refractivity contribution < 1.29 is 27.8 Å². The molecule has 2 amide bonds. The van der Waals surface area contributed by atoms with Gasteiger partial charge in [0.1, 0.15) is 0 Å². The van der Waals surface area contributed by atoms with E-state index in [4.69, 9.17) is 4.74 Å². The Balaban J connectivity index is 0.00000380. The highest BCUT2D eigenvalue weighted by Gasteiger charge is 2.49. The number of benzene rings is 1. The van der Waals surface area contributed by atoms with Crippen molar-refractivity contribution >= 4 is 29.8 Å². The number of aliphatic hydroxyl groups is 1. The lowest BCUT2D eigenvalue weighted by Gasteiger charge is -2.20. The topological polar surface area (TPSA) is 129 Å². The first-order chi connectivity index (χ1) is 17.1. The van der Waals surface area contributed by atoms with Crippen LogP contribution in [0.25, 0.3) is 11.4 Å². The number of aliphatic hydroxyl groups excluding tert-OH is 1. The summed E-state index contributed by atoms with van der Waals surface area (Å²) >= 11 is 0. The highest BCUT2D eigenvalue weighted by Crippen LogP contribution is 2.51. The van der Waals surface area contributed by atoms with Crippen molar-refractivity contribution in [3.05, 3.63) is 63.8 Å². The Morgan fingerprint density at radius 2 is 1.97 bits per heavy atom. The Morgan fingerprint density at radius 1 is 1.24 bits per heavy atom. The molecule has 4 N–H and O–H groups in total. The number of nitrogens with zero attached hydrogens (tertiary/aromatic N) is 2. The van der Waals surface area contributed by atoms with Crippen molar-refractivity contribution in [1.29, 1.82) is 0 Å². The van der Waals surface area contributed by atoms with E-state index < -0.39 is 28.7 Å². The summed E-state index contributed by atoms with van der Waals surface area (Å²) in [7, 11) is 0. The molecular formula is C24H25ClF3N5O4. The molecule has 0 unspecified atom stereocenters. The number of anilines is 2. The Kier molecular flexibility index (Phi) is 8.13. The zero-order chi connectivity index (χ0) is 26.1. The highest BCUT2D eigenvalue weighted by atomic mass is 35.5. The van der Waals surface area contributed by atoms with Crippen LogP contribution in [0.2, 0.25) is 0 Å². The summed E-state index contributed by atoms with van der Waals surface area (Å²) in [5, 5.41) is 14.5. The SMILES string of the molecule is CCOc1cc(-c2ncc(NC(=O)Nc3ccc(C4(CO)CC4)c(C(F)(F)F)c3)c(C)n2)c[nH]c1=O.Cl. The molecule has 1 aliphatic carbocycles. The number of halogens is 4. The molecule has 0 radical (unpaired) electrons. The van der Waals surface area contributed by atoms with Gasteiger partial charge in [-0.3, -0.25) is 4.79 Å². The first-order valence-corrected chi connectivity index (χ1v) is 11.2. The fourth-order valence-electron chi connectivity index (χ4n) is 3.85. The van der Waals surface area contributed by atoms with Crippen LogP contribution in [0, 0.1) is 6.92 Å². The number of alkyl halides is 3. The minimum atomic E-state index is -4.64. The van der Waals surface area contributed by atoms with Gasteiger partial charge in [-0.1, -0.05) is 6.07 Å². The maximum atomic E-state index is 13.7. The van der Waals surface area contributed by atoms with E-state index in [1.165, 1.54) is 30.6 Å². The lowest BCUT2D eigenvalue weighted by atomic mass is 9.91. The molecule has 0 saturated heterocycles. The largest absolute Gasteiger partial charge is 0.488 e. The Labute approximate surface area is 215 Å². The smallest absolute Gasteiger partial charge is 0.416 e. The van der Waals surface area contributed by atoms with Gasteiger partial charge in [-0.15, -0.1) is 12.4 Å². The molecule has 1 saturated carbocycles. The van der Waals surface area contributed by atoms with Gasteiger partial charge in [0, 0.05) is 22.9 Å². The number of pyridine rings is 1. The minimum Gasteiger partial charge on any atom is -0.488 e. The van der Waals surface area contributed by atoms with Crippen LogP contribution in [0.4, 0.5) is 29.3 Å². The fourth-order valence-corrected chi connectivity index (χ4v) is 3.85. The molecule has 0 atom stereocenters. The number of carbonyl (C=O) groups is 1. The van der Waals surface area contributed by atoms with Crippen molar-refractivity contribution in [2.45, 2.75) is 38.3 Å². The monoisotopic (exact) mass is 539 g/mol. The van der Waals surface area contributed by atoms with E-state index >= 15 is 0 Å². The molecule has 198 valence electrons. The van der Waals surface area contributed by atoms with E-state index in [-0.39, 0.29) is 47.5 Å². The van der Waals surface area contributed by atoms with Crippen LogP contribution in [0.15, 0.2) is 41.5 Å². The number of hydrogen-bond donors (Lipinski definition) is 4. The molecule has 0 spiro atoms. The third kappa shape index (κ3) is 6.03. The number of aromatic amines is 1. The number of amides is 2. The van der Waals surface area contributed by atoms with E-state index in [9.17, 15) is 27.9 Å². The molecule has 2 aromatic heterocycles. The number of ether oxygens (including phenoxy) is 1. The highest BCUT2D eigenvalue weighted by molar-refractivity contribution is 6.00. The first-order valence-electron chi connectivity index (χ1n) is 11.2. The molecule has 1 fully saturated rings. The average molecular weight is 540 g/mol. The van der Waals surface area contributed by atoms with E-state index in [0.29, 0.717) is 30.7 Å². The van der Waals surface area contributed by atoms with Gasteiger partial charge in [-0.05, 0) is 50.5 Å². The maximum Gasteiger partial charge on any atom is 0.416 e. The number of hydrogen-bond acceptors (Lipinski definition) is 6. The van der Waals surface area contributed by atoms with Crippen LogP contribution in [-0.4, -0.2) is 39.3 Å². The zero-order valence-electron chi connectivity index (χ0n) is 19.9. The van der Waals surface area contributed by atoms with Gasteiger partial charge in [0.25, 0.3) is 5.56 Å². The van der Waals surface area contributed by atoms with Gasteiger partial charge >= 0.3 is 12.2 Å². The summed E-state index contributed by atoms with van der Waals surface area (Å²) in [6, 6.07) is 4.26. The summed E-state index contributed by atoms with van der Waals surface area (Å²) in [5.74, 6) is 0.396. The summed E-state index contributed by atoms with van der Waals surface area (Å²) in [6.07, 6.45) is -0.907. The second-order valence-corrected chi connectivity index (χ2v) is 8.48. The van der Waals surface area contributed by atoms with Crippen molar-refractivity contribution in [2.75, 3.05) is 23.8 Å². The predicted octanol–water partition coefficient (Wildman–Crippen LogP) is 4.65. The molecular weight excluding hydrogens is 515 g/mol. The molecule has 1 aromatic carbocycles. The molecule has 0 aliphatic heterocycles. The zero-order valence-corrected chi connectivity index (χ0v) is 20.7. The standard InChI is InChI=1S/C24H24F3N5O4.ClH/c1-3-36-19-8-14(10-29-21(19)34)20-28-11-18(13(2)30-20)32-22(35)31-15-4-5-16(23(12-33)6-7-23)17(9-15)24(25,26)27;/h4-5,8-11,33H,3,6-7,12H2,1-2H3,(H,29,34)(H2,31,32,35);1H. The summed E-state index contributed by atoms with van der Waals surface area (Å²) in [6.45, 7) is 3.30. The van der Waals surface area contributed by atoms with Crippen molar-refractivity contribution in [3.63, 3.8) is 0 Å². The van der Waals surface area contributed by atoms with Crippen LogP contribution in [0.5, 0.6) is 5.75 Å². The van der Waals surface area contributed by atoms with Crippen molar-refractivity contribution in [1.82, 2.24) is 15.0 Å².